The first kappa shape index (κ1) is 19.2. The van der Waals surface area contributed by atoms with E-state index in [1.165, 1.54) is 6.33 Å². The minimum atomic E-state index is -1.63. The molecule has 30 heavy (non-hydrogen) atoms. The van der Waals surface area contributed by atoms with Gasteiger partial charge in [0.05, 0.1) is 47.5 Å². The predicted octanol–water partition coefficient (Wildman–Crippen LogP) is 0.209. The van der Waals surface area contributed by atoms with Crippen LogP contribution in [0.25, 0.3) is 11.0 Å². The average molecular weight is 409 g/mol. The highest BCUT2D eigenvalue weighted by Gasteiger charge is 2.47. The fourth-order valence-corrected chi connectivity index (χ4v) is 3.34. The third-order valence-corrected chi connectivity index (χ3v) is 4.80. The second-order valence-corrected chi connectivity index (χ2v) is 6.80. The molecule has 0 saturated carbocycles. The number of primary amides is 2. The molecule has 4 rings (SSSR count). The number of carbonyl (C=O) groups excluding carboxylic acids is 2. The van der Waals surface area contributed by atoms with Crippen LogP contribution < -0.4 is 16.8 Å². The Kier molecular flexibility index (Phi) is 4.74. The summed E-state index contributed by atoms with van der Waals surface area (Å²) in [6.45, 7) is 2.59. The number of anilines is 2. The van der Waals surface area contributed by atoms with E-state index in [9.17, 15) is 9.59 Å². The number of carbonyl (C=O) groups is 2. The van der Waals surface area contributed by atoms with E-state index < -0.39 is 17.4 Å². The van der Waals surface area contributed by atoms with Crippen LogP contribution in [0.15, 0.2) is 36.3 Å². The summed E-state index contributed by atoms with van der Waals surface area (Å²) in [5.41, 5.74) is 12.0. The topological polar surface area (TPSA) is 176 Å². The van der Waals surface area contributed by atoms with Gasteiger partial charge in [-0.3, -0.25) is 9.59 Å². The zero-order valence-corrected chi connectivity index (χ0v) is 16.1. The maximum Gasteiger partial charge on any atom is 0.265 e. The van der Waals surface area contributed by atoms with E-state index in [0.29, 0.717) is 34.8 Å². The van der Waals surface area contributed by atoms with Gasteiger partial charge in [0, 0.05) is 24.7 Å². The van der Waals surface area contributed by atoms with Gasteiger partial charge in [0.2, 0.25) is 11.5 Å². The van der Waals surface area contributed by atoms with Gasteiger partial charge in [0.1, 0.15) is 6.33 Å². The Morgan fingerprint density at radius 1 is 1.23 bits per heavy atom. The molecule has 0 aromatic carbocycles. The van der Waals surface area contributed by atoms with E-state index >= 15 is 0 Å². The summed E-state index contributed by atoms with van der Waals surface area (Å²) in [5, 5.41) is 12.4. The van der Waals surface area contributed by atoms with Crippen LogP contribution in [-0.2, 0) is 21.0 Å². The normalized spacial score (nSPS) is 18.1. The van der Waals surface area contributed by atoms with E-state index in [1.807, 2.05) is 6.92 Å². The fourth-order valence-electron chi connectivity index (χ4n) is 3.34. The van der Waals surface area contributed by atoms with Crippen molar-refractivity contribution in [1.82, 2.24) is 24.7 Å². The van der Waals surface area contributed by atoms with Crippen molar-refractivity contribution >= 4 is 39.9 Å². The van der Waals surface area contributed by atoms with Crippen molar-refractivity contribution in [1.29, 1.82) is 0 Å². The van der Waals surface area contributed by atoms with Crippen LogP contribution >= 0.6 is 0 Å². The molecule has 1 unspecified atom stereocenters. The lowest BCUT2D eigenvalue weighted by atomic mass is 9.90. The second-order valence-electron chi connectivity index (χ2n) is 6.80. The number of aromatic nitrogens is 5. The van der Waals surface area contributed by atoms with Gasteiger partial charge in [-0.15, -0.1) is 0 Å². The van der Waals surface area contributed by atoms with Crippen LogP contribution in [0.5, 0.6) is 0 Å². The molecule has 3 aromatic heterocycles. The number of hydrogen-bond donors (Lipinski definition) is 3. The first-order valence-corrected chi connectivity index (χ1v) is 9.13. The number of oxime groups is 1. The molecule has 0 saturated heterocycles. The van der Waals surface area contributed by atoms with Gasteiger partial charge in [-0.1, -0.05) is 5.16 Å². The van der Waals surface area contributed by atoms with Crippen molar-refractivity contribution in [2.75, 3.05) is 5.32 Å². The lowest BCUT2D eigenvalue weighted by molar-refractivity contribution is -0.145. The third-order valence-electron chi connectivity index (χ3n) is 4.80. The van der Waals surface area contributed by atoms with Crippen molar-refractivity contribution in [3.05, 3.63) is 36.7 Å². The molecule has 4 heterocycles. The Balaban J connectivity index is 1.80. The summed E-state index contributed by atoms with van der Waals surface area (Å²) in [6.07, 6.45) is 7.52. The highest BCUT2D eigenvalue weighted by atomic mass is 16.7. The first-order valence-electron chi connectivity index (χ1n) is 9.13. The predicted molar refractivity (Wildman–Crippen MR) is 106 cm³/mol. The van der Waals surface area contributed by atoms with Crippen molar-refractivity contribution in [2.24, 2.45) is 16.6 Å². The highest BCUT2D eigenvalue weighted by molar-refractivity contribution is 6.13. The molecular weight excluding hydrogens is 390 g/mol. The summed E-state index contributed by atoms with van der Waals surface area (Å²) in [7, 11) is 0. The van der Waals surface area contributed by atoms with Crippen LogP contribution in [0.3, 0.4) is 0 Å². The number of nitrogens with two attached hydrogens (primary N) is 2. The van der Waals surface area contributed by atoms with Gasteiger partial charge in [-0.05, 0) is 6.92 Å². The van der Waals surface area contributed by atoms with Crippen LogP contribution in [0, 0.1) is 0 Å². The maximum absolute atomic E-state index is 12.0. The Morgan fingerprint density at radius 2 is 2.00 bits per heavy atom. The number of nitrogens with zero attached hydrogens (tertiary/aromatic N) is 6. The van der Waals surface area contributed by atoms with Crippen LogP contribution in [-0.4, -0.2) is 47.9 Å². The summed E-state index contributed by atoms with van der Waals surface area (Å²) in [6, 6.07) is 0. The number of amides is 2. The Hall–Kier alpha value is -4.09. The lowest BCUT2D eigenvalue weighted by Crippen LogP contribution is -2.47. The van der Waals surface area contributed by atoms with Gasteiger partial charge >= 0.3 is 0 Å². The highest BCUT2D eigenvalue weighted by Crippen LogP contribution is 2.35. The number of aryl methyl sites for hydroxylation is 1. The molecule has 1 aliphatic heterocycles. The third kappa shape index (κ3) is 3.27. The van der Waals surface area contributed by atoms with Crippen LogP contribution in [0.1, 0.15) is 25.3 Å². The molecule has 0 radical (unpaired) electrons. The molecule has 2 amide bonds. The smallest absolute Gasteiger partial charge is 0.265 e. The van der Waals surface area contributed by atoms with Crippen molar-refractivity contribution < 1.29 is 14.4 Å². The van der Waals surface area contributed by atoms with E-state index in [1.54, 1.807) is 29.5 Å². The molecule has 0 fully saturated rings. The molecule has 0 bridgehead atoms. The number of rotatable bonds is 7. The molecule has 154 valence electrons. The maximum atomic E-state index is 12.0. The first-order chi connectivity index (χ1) is 14.4. The van der Waals surface area contributed by atoms with Crippen LogP contribution in [0.4, 0.5) is 11.4 Å². The van der Waals surface area contributed by atoms with Gasteiger partial charge in [0.15, 0.2) is 5.65 Å². The number of nitrogens with one attached hydrogen (secondary N) is 1. The van der Waals surface area contributed by atoms with Crippen LogP contribution in [0.2, 0.25) is 0 Å². The Morgan fingerprint density at radius 3 is 2.67 bits per heavy atom. The Labute approximate surface area is 170 Å². The largest absolute Gasteiger partial charge is 0.378 e. The summed E-state index contributed by atoms with van der Waals surface area (Å²) in [5.74, 6) is -1.54. The minimum absolute atomic E-state index is 0.0274. The lowest BCUT2D eigenvalue weighted by Gasteiger charge is -2.21. The molecule has 12 nitrogen and oxygen atoms in total. The van der Waals surface area contributed by atoms with E-state index in [4.69, 9.17) is 16.3 Å². The van der Waals surface area contributed by atoms with Gasteiger partial charge in [-0.2, -0.15) is 5.10 Å². The number of fused-ring (bicyclic) bond motifs is 1. The van der Waals surface area contributed by atoms with E-state index in [-0.39, 0.29) is 12.8 Å². The monoisotopic (exact) mass is 409 g/mol. The quantitative estimate of drug-likeness (QED) is 0.496. The number of hydrogen-bond acceptors (Lipinski definition) is 9. The summed E-state index contributed by atoms with van der Waals surface area (Å²) < 4.78 is 1.75. The molecule has 5 N–H and O–H groups in total. The molecule has 3 aromatic rings. The summed E-state index contributed by atoms with van der Waals surface area (Å²) >= 11 is 0. The van der Waals surface area contributed by atoms with E-state index in [2.05, 4.69) is 30.5 Å². The van der Waals surface area contributed by atoms with Gasteiger partial charge in [-0.25, -0.2) is 19.6 Å². The van der Waals surface area contributed by atoms with Crippen molar-refractivity contribution in [2.45, 2.75) is 31.9 Å². The zero-order chi connectivity index (χ0) is 21.3. The standard InChI is InChI=1S/C18H19N9O3/c1-2-27-16-12(8-24-27)15(25-10-5-21-9-22-6-10)11(7-23-16)13-3-18(17(20)29,30-26-13)4-14(19)28/h5-9H,2-4H2,1H3,(H2,19,28)(H2,20,29)(H,23,25). The SMILES string of the molecule is CCn1ncc2c(Nc3cncnc3)c(C3=NOC(CC(N)=O)(C(N)=O)C3)cnc21. The molecule has 0 aliphatic carbocycles. The minimum Gasteiger partial charge on any atom is -0.378 e. The second kappa shape index (κ2) is 7.39. The van der Waals surface area contributed by atoms with Crippen molar-refractivity contribution in [3.63, 3.8) is 0 Å². The fraction of sp³-hybridized carbons (Fsp3) is 0.278. The van der Waals surface area contributed by atoms with Gasteiger partial charge in [0.25, 0.3) is 5.91 Å². The molecule has 1 aliphatic rings. The van der Waals surface area contributed by atoms with Crippen molar-refractivity contribution in [3.8, 4) is 0 Å². The molecule has 12 heteroatoms. The molecule has 1 atom stereocenters. The van der Waals surface area contributed by atoms with Gasteiger partial charge < -0.3 is 21.6 Å². The molecule has 0 spiro atoms. The molecular formula is C18H19N9O3. The Bertz CT molecular complexity index is 1160. The summed E-state index contributed by atoms with van der Waals surface area (Å²) in [4.78, 5) is 41.3. The number of pyridine rings is 1. The zero-order valence-electron chi connectivity index (χ0n) is 16.1. The average Bonchev–Trinajstić information content (AvgIpc) is 3.33. The van der Waals surface area contributed by atoms with E-state index in [0.717, 1.165) is 5.39 Å².